The molecule has 1 aromatic carbocycles. The van der Waals surface area contributed by atoms with Crippen LogP contribution >= 0.6 is 11.6 Å². The highest BCUT2D eigenvalue weighted by molar-refractivity contribution is 6.31. The molecule has 1 saturated heterocycles. The minimum Gasteiger partial charge on any atom is -0.296 e. The van der Waals surface area contributed by atoms with Gasteiger partial charge < -0.3 is 0 Å². The second kappa shape index (κ2) is 5.92. The molecule has 0 bridgehead atoms. The quantitative estimate of drug-likeness (QED) is 0.870. The van der Waals surface area contributed by atoms with Crippen molar-refractivity contribution in [2.24, 2.45) is 11.8 Å². The first-order chi connectivity index (χ1) is 9.40. The maximum atomic E-state index is 14.1. The van der Waals surface area contributed by atoms with Crippen LogP contribution < -0.4 is 5.32 Å². The van der Waals surface area contributed by atoms with Gasteiger partial charge in [-0.25, -0.2) is 4.39 Å². The van der Waals surface area contributed by atoms with E-state index in [0.29, 0.717) is 6.42 Å². The van der Waals surface area contributed by atoms with Crippen LogP contribution in [0.2, 0.25) is 5.02 Å². The summed E-state index contributed by atoms with van der Waals surface area (Å²) < 4.78 is 14.1. The SMILES string of the molecule is CC(C)CC1C(=O)NC(=O)CC1c1c(F)cccc1Cl. The van der Waals surface area contributed by atoms with Crippen molar-refractivity contribution in [3.8, 4) is 0 Å². The average molecular weight is 298 g/mol. The molecule has 2 rings (SSSR count). The van der Waals surface area contributed by atoms with E-state index in [-0.39, 0.29) is 34.7 Å². The third kappa shape index (κ3) is 3.01. The number of hydrogen-bond acceptors (Lipinski definition) is 2. The van der Waals surface area contributed by atoms with Crippen LogP contribution in [-0.2, 0) is 9.59 Å². The predicted molar refractivity (Wildman–Crippen MR) is 74.9 cm³/mol. The molecule has 0 spiro atoms. The molecule has 5 heteroatoms. The summed E-state index contributed by atoms with van der Waals surface area (Å²) in [5.74, 6) is -1.82. The highest BCUT2D eigenvalue weighted by Crippen LogP contribution is 2.39. The maximum Gasteiger partial charge on any atom is 0.230 e. The van der Waals surface area contributed by atoms with E-state index in [1.54, 1.807) is 6.07 Å². The van der Waals surface area contributed by atoms with E-state index in [9.17, 15) is 14.0 Å². The Kier molecular flexibility index (Phi) is 4.43. The Morgan fingerprint density at radius 2 is 2.10 bits per heavy atom. The first-order valence-electron chi connectivity index (χ1n) is 6.67. The van der Waals surface area contributed by atoms with E-state index < -0.39 is 17.7 Å². The van der Waals surface area contributed by atoms with Gasteiger partial charge in [0.05, 0.1) is 0 Å². The van der Waals surface area contributed by atoms with Crippen molar-refractivity contribution in [2.45, 2.75) is 32.6 Å². The molecule has 1 aliphatic heterocycles. The third-order valence-electron chi connectivity index (χ3n) is 3.59. The molecular formula is C15H17ClFNO2. The molecule has 1 heterocycles. The molecule has 2 atom stereocenters. The largest absolute Gasteiger partial charge is 0.296 e. The van der Waals surface area contributed by atoms with E-state index in [0.717, 1.165) is 0 Å². The van der Waals surface area contributed by atoms with E-state index >= 15 is 0 Å². The van der Waals surface area contributed by atoms with Gasteiger partial charge in [0.25, 0.3) is 0 Å². The van der Waals surface area contributed by atoms with Crippen LogP contribution in [0.5, 0.6) is 0 Å². The molecule has 1 aliphatic rings. The van der Waals surface area contributed by atoms with Crippen LogP contribution in [0.15, 0.2) is 18.2 Å². The molecule has 1 N–H and O–H groups in total. The Bertz CT molecular complexity index is 524. The molecule has 1 fully saturated rings. The van der Waals surface area contributed by atoms with Gasteiger partial charge in [0.2, 0.25) is 11.8 Å². The number of imide groups is 1. The minimum atomic E-state index is -0.493. The van der Waals surface area contributed by atoms with Crippen molar-refractivity contribution in [2.75, 3.05) is 0 Å². The van der Waals surface area contributed by atoms with E-state index in [4.69, 9.17) is 11.6 Å². The van der Waals surface area contributed by atoms with Crippen molar-refractivity contribution >= 4 is 23.4 Å². The highest BCUT2D eigenvalue weighted by atomic mass is 35.5. The zero-order valence-electron chi connectivity index (χ0n) is 11.5. The van der Waals surface area contributed by atoms with E-state index in [1.165, 1.54) is 12.1 Å². The molecule has 2 unspecified atom stereocenters. The second-order valence-electron chi connectivity index (χ2n) is 5.59. The lowest BCUT2D eigenvalue weighted by molar-refractivity contribution is -0.137. The summed E-state index contributed by atoms with van der Waals surface area (Å²) >= 11 is 6.08. The number of benzene rings is 1. The smallest absolute Gasteiger partial charge is 0.230 e. The fraction of sp³-hybridized carbons (Fsp3) is 0.467. The fourth-order valence-corrected chi connectivity index (χ4v) is 3.06. The first-order valence-corrected chi connectivity index (χ1v) is 7.05. The lowest BCUT2D eigenvalue weighted by Gasteiger charge is -2.32. The monoisotopic (exact) mass is 297 g/mol. The molecule has 0 radical (unpaired) electrons. The average Bonchev–Trinajstić information content (AvgIpc) is 2.32. The van der Waals surface area contributed by atoms with Crippen LogP contribution in [0, 0.1) is 17.7 Å². The molecule has 0 aromatic heterocycles. The van der Waals surface area contributed by atoms with Gasteiger partial charge in [-0.15, -0.1) is 0 Å². The summed E-state index contributed by atoms with van der Waals surface area (Å²) in [4.78, 5) is 23.7. The van der Waals surface area contributed by atoms with Crippen LogP contribution in [0.4, 0.5) is 4.39 Å². The number of hydrogen-bond donors (Lipinski definition) is 1. The van der Waals surface area contributed by atoms with Gasteiger partial charge in [-0.1, -0.05) is 31.5 Å². The van der Waals surface area contributed by atoms with Crippen molar-refractivity contribution in [3.63, 3.8) is 0 Å². The first kappa shape index (κ1) is 15.0. The van der Waals surface area contributed by atoms with Gasteiger partial charge in [-0.3, -0.25) is 14.9 Å². The third-order valence-corrected chi connectivity index (χ3v) is 3.92. The molecule has 108 valence electrons. The van der Waals surface area contributed by atoms with Crippen LogP contribution in [0.25, 0.3) is 0 Å². The molecule has 2 amide bonds. The van der Waals surface area contributed by atoms with Gasteiger partial charge in [0.15, 0.2) is 0 Å². The van der Waals surface area contributed by atoms with Crippen molar-refractivity contribution in [3.05, 3.63) is 34.6 Å². The van der Waals surface area contributed by atoms with E-state index in [2.05, 4.69) is 5.32 Å². The summed E-state index contributed by atoms with van der Waals surface area (Å²) in [6, 6.07) is 4.41. The van der Waals surface area contributed by atoms with Crippen molar-refractivity contribution in [1.82, 2.24) is 5.32 Å². The number of nitrogens with one attached hydrogen (secondary N) is 1. The number of rotatable bonds is 3. The Labute approximate surface area is 122 Å². The van der Waals surface area contributed by atoms with E-state index in [1.807, 2.05) is 13.8 Å². The van der Waals surface area contributed by atoms with Crippen LogP contribution in [0.1, 0.15) is 38.2 Å². The summed E-state index contributed by atoms with van der Waals surface area (Å²) in [7, 11) is 0. The topological polar surface area (TPSA) is 46.2 Å². The highest BCUT2D eigenvalue weighted by Gasteiger charge is 2.39. The molecular weight excluding hydrogens is 281 g/mol. The summed E-state index contributed by atoms with van der Waals surface area (Å²) in [5.41, 5.74) is 0.281. The van der Waals surface area contributed by atoms with Gasteiger partial charge >= 0.3 is 0 Å². The molecule has 1 aromatic rings. The van der Waals surface area contributed by atoms with Gasteiger partial charge in [0.1, 0.15) is 5.82 Å². The number of carbonyl (C=O) groups excluding carboxylic acids is 2. The fourth-order valence-electron chi connectivity index (χ4n) is 2.75. The van der Waals surface area contributed by atoms with Crippen molar-refractivity contribution < 1.29 is 14.0 Å². The maximum absolute atomic E-state index is 14.1. The summed E-state index contributed by atoms with van der Waals surface area (Å²) in [6.07, 6.45) is 0.679. The Morgan fingerprint density at radius 1 is 1.40 bits per heavy atom. The zero-order valence-corrected chi connectivity index (χ0v) is 12.2. The Morgan fingerprint density at radius 3 is 2.70 bits per heavy atom. The molecule has 20 heavy (non-hydrogen) atoms. The Balaban J connectivity index is 2.43. The number of halogens is 2. The summed E-state index contributed by atoms with van der Waals surface area (Å²) in [5, 5.41) is 2.60. The van der Waals surface area contributed by atoms with Gasteiger partial charge in [-0.05, 0) is 24.5 Å². The van der Waals surface area contributed by atoms with Gasteiger partial charge in [-0.2, -0.15) is 0 Å². The molecule has 3 nitrogen and oxygen atoms in total. The normalized spacial score (nSPS) is 23.1. The zero-order chi connectivity index (χ0) is 14.9. The predicted octanol–water partition coefficient (Wildman–Crippen LogP) is 3.27. The second-order valence-corrected chi connectivity index (χ2v) is 6.00. The molecule has 0 saturated carbocycles. The molecule has 0 aliphatic carbocycles. The number of carbonyl (C=O) groups is 2. The van der Waals surface area contributed by atoms with Crippen LogP contribution in [0.3, 0.4) is 0 Å². The van der Waals surface area contributed by atoms with Gasteiger partial charge in [0, 0.05) is 28.8 Å². The number of piperidine rings is 1. The Hall–Kier alpha value is -1.42. The standard InChI is InChI=1S/C15H17ClFNO2/c1-8(2)6-10-9(7-13(19)18-15(10)20)14-11(16)4-3-5-12(14)17/h3-5,8-10H,6-7H2,1-2H3,(H,18,19,20). The number of amides is 2. The van der Waals surface area contributed by atoms with Crippen LogP contribution in [-0.4, -0.2) is 11.8 Å². The summed E-state index contributed by atoms with van der Waals surface area (Å²) in [6.45, 7) is 3.98. The lowest BCUT2D eigenvalue weighted by Crippen LogP contribution is -2.45. The minimum absolute atomic E-state index is 0.0871. The van der Waals surface area contributed by atoms with Crippen molar-refractivity contribution in [1.29, 1.82) is 0 Å². The lowest BCUT2D eigenvalue weighted by atomic mass is 9.76.